The highest BCUT2D eigenvalue weighted by Crippen LogP contribution is 2.30. The second-order valence-corrected chi connectivity index (χ2v) is 3.93. The van der Waals surface area contributed by atoms with Crippen molar-refractivity contribution < 1.29 is 19.4 Å². The molecule has 2 aromatic carbocycles. The van der Waals surface area contributed by atoms with Crippen molar-refractivity contribution in [1.29, 1.82) is 0 Å². The van der Waals surface area contributed by atoms with E-state index in [1.165, 1.54) is 0 Å². The Bertz CT molecular complexity index is 578. The molecule has 0 bridgehead atoms. The van der Waals surface area contributed by atoms with Gasteiger partial charge >= 0.3 is 5.97 Å². The maximum Gasteiger partial charge on any atom is 0.335 e. The second-order valence-electron chi connectivity index (χ2n) is 3.93. The number of carboxylic acids is 1. The number of hydrogen-bond donors (Lipinski definition) is 1. The first-order valence-electron chi connectivity index (χ1n) is 5.77. The number of para-hydroxylation sites is 1. The number of rotatable bonds is 5. The molecule has 4 nitrogen and oxygen atoms in total. The van der Waals surface area contributed by atoms with Crippen molar-refractivity contribution >= 4 is 5.97 Å². The van der Waals surface area contributed by atoms with E-state index in [-0.39, 0.29) is 12.4 Å². The van der Waals surface area contributed by atoms with Gasteiger partial charge in [-0.2, -0.15) is 0 Å². The Morgan fingerprint density at radius 1 is 1.16 bits per heavy atom. The van der Waals surface area contributed by atoms with E-state index < -0.39 is 5.97 Å². The molecule has 0 aliphatic heterocycles. The number of aromatic carboxylic acids is 1. The summed E-state index contributed by atoms with van der Waals surface area (Å²) in [4.78, 5) is 11.0. The van der Waals surface area contributed by atoms with Crippen molar-refractivity contribution in [2.45, 2.75) is 0 Å². The van der Waals surface area contributed by atoms with Gasteiger partial charge in [0, 0.05) is 12.7 Å². The van der Waals surface area contributed by atoms with Gasteiger partial charge in [0.25, 0.3) is 0 Å². The maximum atomic E-state index is 11.0. The highest BCUT2D eigenvalue weighted by molar-refractivity contribution is 5.89. The van der Waals surface area contributed by atoms with Crippen LogP contribution >= 0.6 is 0 Å². The molecule has 1 N–H and O–H groups in total. The third-order valence-corrected chi connectivity index (χ3v) is 2.64. The molecular weight excluding hydrogens is 244 g/mol. The van der Waals surface area contributed by atoms with E-state index in [1.54, 1.807) is 25.3 Å². The van der Waals surface area contributed by atoms with Gasteiger partial charge in [-0.25, -0.2) is 4.79 Å². The van der Waals surface area contributed by atoms with Crippen molar-refractivity contribution in [2.75, 3.05) is 13.9 Å². The second kappa shape index (κ2) is 6.02. The predicted octanol–water partition coefficient (Wildman–Crippen LogP) is 3.03. The molecule has 0 radical (unpaired) electrons. The van der Waals surface area contributed by atoms with Crippen LogP contribution in [-0.4, -0.2) is 25.0 Å². The van der Waals surface area contributed by atoms with E-state index >= 15 is 0 Å². The van der Waals surface area contributed by atoms with Gasteiger partial charge in [-0.3, -0.25) is 0 Å². The number of ether oxygens (including phenoxy) is 2. The minimum Gasteiger partial charge on any atom is -0.478 e. The number of carboxylic acid groups (broad SMARTS) is 1. The molecule has 0 heterocycles. The van der Waals surface area contributed by atoms with E-state index in [2.05, 4.69) is 0 Å². The van der Waals surface area contributed by atoms with Crippen molar-refractivity contribution in [3.63, 3.8) is 0 Å². The molecule has 0 saturated heterocycles. The molecule has 0 saturated carbocycles. The average molecular weight is 258 g/mol. The summed E-state index contributed by atoms with van der Waals surface area (Å²) in [7, 11) is 1.55. The molecule has 19 heavy (non-hydrogen) atoms. The lowest BCUT2D eigenvalue weighted by atomic mass is 10.0. The third kappa shape index (κ3) is 3.11. The van der Waals surface area contributed by atoms with Gasteiger partial charge in [-0.15, -0.1) is 0 Å². The third-order valence-electron chi connectivity index (χ3n) is 2.64. The molecule has 4 heteroatoms. The molecule has 98 valence electrons. The first-order chi connectivity index (χ1) is 9.22. The number of benzene rings is 2. The molecular formula is C15H14O4. The fourth-order valence-corrected chi connectivity index (χ4v) is 1.77. The summed E-state index contributed by atoms with van der Waals surface area (Å²) in [5.41, 5.74) is 1.88. The summed E-state index contributed by atoms with van der Waals surface area (Å²) >= 11 is 0. The molecule has 0 amide bonds. The smallest absolute Gasteiger partial charge is 0.335 e. The fourth-order valence-electron chi connectivity index (χ4n) is 1.77. The van der Waals surface area contributed by atoms with Gasteiger partial charge in [0.05, 0.1) is 5.56 Å². The molecule has 2 rings (SSSR count). The number of hydrogen-bond acceptors (Lipinski definition) is 3. The predicted molar refractivity (Wildman–Crippen MR) is 71.3 cm³/mol. The molecule has 0 fully saturated rings. The summed E-state index contributed by atoms with van der Waals surface area (Å²) in [5, 5.41) is 9.02. The Balaban J connectivity index is 2.40. The van der Waals surface area contributed by atoms with Gasteiger partial charge in [0.15, 0.2) is 6.79 Å². The van der Waals surface area contributed by atoms with Crippen LogP contribution in [0.1, 0.15) is 10.4 Å². The van der Waals surface area contributed by atoms with Crippen LogP contribution in [0.25, 0.3) is 11.1 Å². The zero-order valence-corrected chi connectivity index (χ0v) is 10.5. The standard InChI is InChI=1S/C15H14O4/c1-18-10-19-14-8-3-2-7-13(14)11-5-4-6-12(9-11)15(16)17/h2-9H,10H2,1H3,(H,16,17). The Labute approximate surface area is 111 Å². The van der Waals surface area contributed by atoms with E-state index in [1.807, 2.05) is 30.3 Å². The maximum absolute atomic E-state index is 11.0. The minimum absolute atomic E-state index is 0.148. The largest absolute Gasteiger partial charge is 0.478 e. The molecule has 0 unspecified atom stereocenters. The fraction of sp³-hybridized carbons (Fsp3) is 0.133. The quantitative estimate of drug-likeness (QED) is 0.837. The van der Waals surface area contributed by atoms with Crippen molar-refractivity contribution in [2.24, 2.45) is 0 Å². The Hall–Kier alpha value is -2.33. The van der Waals surface area contributed by atoms with Gasteiger partial charge in [0.2, 0.25) is 0 Å². The van der Waals surface area contributed by atoms with Gasteiger partial charge < -0.3 is 14.6 Å². The van der Waals surface area contributed by atoms with Gasteiger partial charge in [0.1, 0.15) is 5.75 Å². The van der Waals surface area contributed by atoms with Crippen LogP contribution in [0, 0.1) is 0 Å². The summed E-state index contributed by atoms with van der Waals surface area (Å²) in [6.45, 7) is 0.148. The average Bonchev–Trinajstić information content (AvgIpc) is 2.45. The van der Waals surface area contributed by atoms with Crippen LogP contribution in [0.2, 0.25) is 0 Å². The first-order valence-corrected chi connectivity index (χ1v) is 5.77. The van der Waals surface area contributed by atoms with Crippen LogP contribution in [-0.2, 0) is 4.74 Å². The Morgan fingerprint density at radius 2 is 1.95 bits per heavy atom. The summed E-state index contributed by atoms with van der Waals surface area (Å²) in [5.74, 6) is -0.288. The molecule has 0 atom stereocenters. The van der Waals surface area contributed by atoms with Gasteiger partial charge in [-0.1, -0.05) is 30.3 Å². The van der Waals surface area contributed by atoms with Crippen LogP contribution in [0.3, 0.4) is 0 Å². The van der Waals surface area contributed by atoms with Crippen LogP contribution in [0.15, 0.2) is 48.5 Å². The van der Waals surface area contributed by atoms with E-state index in [4.69, 9.17) is 14.6 Å². The van der Waals surface area contributed by atoms with E-state index in [9.17, 15) is 4.79 Å². The van der Waals surface area contributed by atoms with Crippen molar-refractivity contribution in [3.8, 4) is 16.9 Å². The lowest BCUT2D eigenvalue weighted by molar-refractivity contribution is 0.0515. The molecule has 0 spiro atoms. The van der Waals surface area contributed by atoms with Crippen LogP contribution < -0.4 is 4.74 Å². The van der Waals surface area contributed by atoms with E-state index in [0.29, 0.717) is 5.75 Å². The van der Waals surface area contributed by atoms with E-state index in [0.717, 1.165) is 11.1 Å². The highest BCUT2D eigenvalue weighted by Gasteiger charge is 2.08. The number of methoxy groups -OCH3 is 1. The topological polar surface area (TPSA) is 55.8 Å². The highest BCUT2D eigenvalue weighted by atomic mass is 16.7. The molecule has 0 aliphatic rings. The Morgan fingerprint density at radius 3 is 2.68 bits per heavy atom. The summed E-state index contributed by atoms with van der Waals surface area (Å²) < 4.78 is 10.4. The van der Waals surface area contributed by atoms with Crippen molar-refractivity contribution in [1.82, 2.24) is 0 Å². The zero-order valence-electron chi connectivity index (χ0n) is 10.5. The SMILES string of the molecule is COCOc1ccccc1-c1cccc(C(=O)O)c1. The van der Waals surface area contributed by atoms with Gasteiger partial charge in [-0.05, 0) is 23.8 Å². The van der Waals surface area contributed by atoms with Crippen LogP contribution in [0.4, 0.5) is 0 Å². The summed E-state index contributed by atoms with van der Waals surface area (Å²) in [6.07, 6.45) is 0. The normalized spacial score (nSPS) is 10.2. The number of carbonyl (C=O) groups is 1. The summed E-state index contributed by atoms with van der Waals surface area (Å²) in [6, 6.07) is 14.2. The van der Waals surface area contributed by atoms with Crippen LogP contribution in [0.5, 0.6) is 5.75 Å². The lowest BCUT2D eigenvalue weighted by Gasteiger charge is -2.11. The minimum atomic E-state index is -0.947. The molecule has 2 aromatic rings. The molecule has 0 aliphatic carbocycles. The zero-order chi connectivity index (χ0) is 13.7. The van der Waals surface area contributed by atoms with Crippen molar-refractivity contribution in [3.05, 3.63) is 54.1 Å². The first kappa shape index (κ1) is 13.1. The monoisotopic (exact) mass is 258 g/mol. The molecule has 0 aromatic heterocycles. The Kier molecular flexibility index (Phi) is 4.15. The lowest BCUT2D eigenvalue weighted by Crippen LogP contribution is -2.00.